The molecule has 0 bridgehead atoms. The summed E-state index contributed by atoms with van der Waals surface area (Å²) in [6.07, 6.45) is 2.44. The Balaban J connectivity index is 3.21. The van der Waals surface area contributed by atoms with Crippen LogP contribution in [0.4, 0.5) is 0 Å². The van der Waals surface area contributed by atoms with Crippen LogP contribution in [0.2, 0.25) is 0 Å². The topological polar surface area (TPSA) is 46.5 Å². The fourth-order valence-corrected chi connectivity index (χ4v) is 2.42. The zero-order valence-electron chi connectivity index (χ0n) is 11.3. The number of hydrogen-bond acceptors (Lipinski definition) is 3. The number of ether oxygens (including phenoxy) is 1. The monoisotopic (exact) mass is 250 g/mol. The lowest BCUT2D eigenvalue weighted by Crippen LogP contribution is -2.43. The number of aliphatic hydroxyl groups is 1. The lowest BCUT2D eigenvalue weighted by molar-refractivity contribution is -0.171. The van der Waals surface area contributed by atoms with Crippen LogP contribution in [0.3, 0.4) is 0 Å². The van der Waals surface area contributed by atoms with Crippen LogP contribution in [0, 0.1) is 5.92 Å². The van der Waals surface area contributed by atoms with Crippen LogP contribution in [0.1, 0.15) is 38.7 Å². The third kappa shape index (κ3) is 2.72. The van der Waals surface area contributed by atoms with Crippen LogP contribution >= 0.6 is 0 Å². The number of carbonyl (C=O) groups is 1. The molecule has 0 aromatic heterocycles. The first-order valence-electron chi connectivity index (χ1n) is 6.47. The van der Waals surface area contributed by atoms with E-state index in [4.69, 9.17) is 4.74 Å². The first-order valence-corrected chi connectivity index (χ1v) is 6.47. The third-order valence-electron chi connectivity index (χ3n) is 3.43. The highest BCUT2D eigenvalue weighted by Gasteiger charge is 2.45. The molecule has 0 saturated carbocycles. The van der Waals surface area contributed by atoms with Crippen molar-refractivity contribution in [2.24, 2.45) is 5.92 Å². The molecule has 0 fully saturated rings. The summed E-state index contributed by atoms with van der Waals surface area (Å²) in [5.74, 6) is -0.702. The van der Waals surface area contributed by atoms with Crippen molar-refractivity contribution >= 4 is 5.97 Å². The fourth-order valence-electron chi connectivity index (χ4n) is 2.42. The van der Waals surface area contributed by atoms with Gasteiger partial charge in [-0.05, 0) is 18.4 Å². The minimum Gasteiger partial charge on any atom is -0.467 e. The zero-order valence-corrected chi connectivity index (χ0v) is 11.3. The molecule has 0 aliphatic rings. The van der Waals surface area contributed by atoms with Gasteiger partial charge in [-0.25, -0.2) is 4.79 Å². The molecule has 2 atom stereocenters. The average Bonchev–Trinajstić information content (AvgIpc) is 2.43. The number of hydrogen-bond donors (Lipinski definition) is 1. The molecule has 0 spiro atoms. The first kappa shape index (κ1) is 14.7. The van der Waals surface area contributed by atoms with Gasteiger partial charge in [0.05, 0.1) is 7.11 Å². The van der Waals surface area contributed by atoms with E-state index in [0.717, 1.165) is 19.3 Å². The molecule has 1 rings (SSSR count). The maximum absolute atomic E-state index is 12.0. The SMILES string of the molecule is CCCC(CC)C(O)(C(=O)OC)c1ccccc1. The van der Waals surface area contributed by atoms with Crippen molar-refractivity contribution in [3.63, 3.8) is 0 Å². The van der Waals surface area contributed by atoms with E-state index >= 15 is 0 Å². The van der Waals surface area contributed by atoms with E-state index in [-0.39, 0.29) is 5.92 Å². The smallest absolute Gasteiger partial charge is 0.342 e. The van der Waals surface area contributed by atoms with E-state index < -0.39 is 11.6 Å². The first-order chi connectivity index (χ1) is 8.61. The van der Waals surface area contributed by atoms with Gasteiger partial charge in [-0.1, -0.05) is 50.6 Å². The second-order valence-corrected chi connectivity index (χ2v) is 4.52. The Morgan fingerprint density at radius 1 is 1.33 bits per heavy atom. The molecule has 3 heteroatoms. The number of esters is 1. The lowest BCUT2D eigenvalue weighted by atomic mass is 9.77. The van der Waals surface area contributed by atoms with Crippen LogP contribution in [-0.4, -0.2) is 18.2 Å². The molecule has 2 unspecified atom stereocenters. The molecule has 1 N–H and O–H groups in total. The van der Waals surface area contributed by atoms with Crippen molar-refractivity contribution in [3.05, 3.63) is 35.9 Å². The minimum absolute atomic E-state index is 0.127. The van der Waals surface area contributed by atoms with Gasteiger partial charge in [-0.2, -0.15) is 0 Å². The van der Waals surface area contributed by atoms with Crippen LogP contribution in [0.5, 0.6) is 0 Å². The summed E-state index contributed by atoms with van der Waals surface area (Å²) in [7, 11) is 1.31. The van der Waals surface area contributed by atoms with Crippen LogP contribution in [-0.2, 0) is 15.1 Å². The van der Waals surface area contributed by atoms with Gasteiger partial charge in [0.15, 0.2) is 5.60 Å². The highest BCUT2D eigenvalue weighted by Crippen LogP contribution is 2.36. The average molecular weight is 250 g/mol. The van der Waals surface area contributed by atoms with E-state index in [1.807, 2.05) is 32.0 Å². The highest BCUT2D eigenvalue weighted by molar-refractivity contribution is 5.81. The summed E-state index contributed by atoms with van der Waals surface area (Å²) in [6.45, 7) is 4.03. The standard InChI is InChI=1S/C15H22O3/c1-4-9-12(5-2)15(17,14(16)18-3)13-10-7-6-8-11-13/h6-8,10-12,17H,4-5,9H2,1-3H3. The maximum Gasteiger partial charge on any atom is 0.342 e. The second-order valence-electron chi connectivity index (χ2n) is 4.52. The molecule has 0 aliphatic heterocycles. The molecule has 3 nitrogen and oxygen atoms in total. The lowest BCUT2D eigenvalue weighted by Gasteiger charge is -2.33. The summed E-state index contributed by atoms with van der Waals surface area (Å²) in [4.78, 5) is 12.0. The van der Waals surface area contributed by atoms with E-state index in [1.54, 1.807) is 12.1 Å². The predicted molar refractivity (Wildman–Crippen MR) is 71.0 cm³/mol. The van der Waals surface area contributed by atoms with Gasteiger partial charge in [0.25, 0.3) is 0 Å². The quantitative estimate of drug-likeness (QED) is 0.790. The van der Waals surface area contributed by atoms with E-state index in [0.29, 0.717) is 5.56 Å². The highest BCUT2D eigenvalue weighted by atomic mass is 16.5. The van der Waals surface area contributed by atoms with Crippen LogP contribution in [0.15, 0.2) is 30.3 Å². The van der Waals surface area contributed by atoms with Crippen molar-refractivity contribution < 1.29 is 14.6 Å². The van der Waals surface area contributed by atoms with E-state index in [2.05, 4.69) is 0 Å². The Morgan fingerprint density at radius 2 is 1.94 bits per heavy atom. The van der Waals surface area contributed by atoms with E-state index in [9.17, 15) is 9.90 Å². The van der Waals surface area contributed by atoms with Crippen LogP contribution < -0.4 is 0 Å². The number of methoxy groups -OCH3 is 1. The Morgan fingerprint density at radius 3 is 2.39 bits per heavy atom. The number of rotatable bonds is 6. The molecule has 1 aromatic carbocycles. The van der Waals surface area contributed by atoms with Gasteiger partial charge in [-0.15, -0.1) is 0 Å². The van der Waals surface area contributed by atoms with Crippen molar-refractivity contribution in [1.82, 2.24) is 0 Å². The molecule has 0 saturated heterocycles. The van der Waals surface area contributed by atoms with Crippen molar-refractivity contribution in [3.8, 4) is 0 Å². The molecular formula is C15H22O3. The molecular weight excluding hydrogens is 228 g/mol. The minimum atomic E-state index is -1.54. The molecule has 1 aromatic rings. The molecule has 100 valence electrons. The summed E-state index contributed by atoms with van der Waals surface area (Å²) < 4.78 is 4.81. The molecule has 0 radical (unpaired) electrons. The van der Waals surface area contributed by atoms with Gasteiger partial charge in [-0.3, -0.25) is 0 Å². The van der Waals surface area contributed by atoms with Gasteiger partial charge in [0, 0.05) is 5.92 Å². The third-order valence-corrected chi connectivity index (χ3v) is 3.43. The number of carbonyl (C=O) groups excluding carboxylic acids is 1. The molecule has 0 amide bonds. The fraction of sp³-hybridized carbons (Fsp3) is 0.533. The second kappa shape index (κ2) is 6.55. The molecule has 0 aliphatic carbocycles. The van der Waals surface area contributed by atoms with Crippen molar-refractivity contribution in [1.29, 1.82) is 0 Å². The van der Waals surface area contributed by atoms with Crippen molar-refractivity contribution in [2.75, 3.05) is 7.11 Å². The Kier molecular flexibility index (Phi) is 5.35. The normalized spacial score (nSPS) is 15.8. The van der Waals surface area contributed by atoms with Gasteiger partial charge >= 0.3 is 5.97 Å². The summed E-state index contributed by atoms with van der Waals surface area (Å²) in [5, 5.41) is 10.9. The predicted octanol–water partition coefficient (Wildman–Crippen LogP) is 2.87. The summed E-state index contributed by atoms with van der Waals surface area (Å²) >= 11 is 0. The Labute approximate surface area is 109 Å². The molecule has 18 heavy (non-hydrogen) atoms. The summed E-state index contributed by atoms with van der Waals surface area (Å²) in [5.41, 5.74) is -0.932. The largest absolute Gasteiger partial charge is 0.467 e. The van der Waals surface area contributed by atoms with Gasteiger partial charge in [0.1, 0.15) is 0 Å². The van der Waals surface area contributed by atoms with Gasteiger partial charge in [0.2, 0.25) is 0 Å². The van der Waals surface area contributed by atoms with Gasteiger partial charge < -0.3 is 9.84 Å². The van der Waals surface area contributed by atoms with Crippen LogP contribution in [0.25, 0.3) is 0 Å². The zero-order chi connectivity index (χ0) is 13.6. The maximum atomic E-state index is 12.0. The number of benzene rings is 1. The molecule has 0 heterocycles. The Hall–Kier alpha value is -1.35. The van der Waals surface area contributed by atoms with E-state index in [1.165, 1.54) is 7.11 Å². The van der Waals surface area contributed by atoms with Crippen molar-refractivity contribution in [2.45, 2.75) is 38.7 Å². The summed E-state index contributed by atoms with van der Waals surface area (Å²) in [6, 6.07) is 9.05. The Bertz CT molecular complexity index is 375.